The van der Waals surface area contributed by atoms with Crippen molar-refractivity contribution in [3.05, 3.63) is 23.0 Å². The van der Waals surface area contributed by atoms with Gasteiger partial charge in [0.25, 0.3) is 0 Å². The first-order valence-corrected chi connectivity index (χ1v) is 7.48. The number of benzene rings is 1. The average Bonchev–Trinajstić information content (AvgIpc) is 2.61. The van der Waals surface area contributed by atoms with Gasteiger partial charge in [-0.1, -0.05) is 25.7 Å². The van der Waals surface area contributed by atoms with Crippen LogP contribution in [-0.4, -0.2) is 16.7 Å². The van der Waals surface area contributed by atoms with Crippen LogP contribution in [0.2, 0.25) is 0 Å². The van der Waals surface area contributed by atoms with Crippen LogP contribution in [-0.2, 0) is 0 Å². The molecule has 4 heteroatoms. The van der Waals surface area contributed by atoms with Crippen LogP contribution in [0.3, 0.4) is 0 Å². The molecular weight excluding hydrogens is 256 g/mol. The molecule has 102 valence electrons. The predicted octanol–water partition coefficient (Wildman–Crippen LogP) is 4.60. The highest BCUT2D eigenvalue weighted by Gasteiger charge is 2.17. The summed E-state index contributed by atoms with van der Waals surface area (Å²) in [5.41, 5.74) is 2.28. The van der Waals surface area contributed by atoms with Crippen molar-refractivity contribution in [3.63, 3.8) is 0 Å². The molecule has 1 aromatic heterocycles. The third-order valence-corrected chi connectivity index (χ3v) is 4.41. The molecule has 0 atom stereocenters. The summed E-state index contributed by atoms with van der Waals surface area (Å²) in [5, 5.41) is 0. The molecule has 1 aliphatic rings. The van der Waals surface area contributed by atoms with Crippen molar-refractivity contribution in [2.75, 3.05) is 7.11 Å². The van der Waals surface area contributed by atoms with Crippen molar-refractivity contribution in [2.24, 2.45) is 0 Å². The molecule has 3 nitrogen and oxygen atoms in total. The molecule has 1 N–H and O–H groups in total. The topological polar surface area (TPSA) is 29.9 Å². The van der Waals surface area contributed by atoms with E-state index < -0.39 is 0 Å². The summed E-state index contributed by atoms with van der Waals surface area (Å²) in [7, 11) is 1.71. The van der Waals surface area contributed by atoms with Crippen LogP contribution < -0.4 is 4.74 Å². The van der Waals surface area contributed by atoms with Gasteiger partial charge in [0.1, 0.15) is 5.75 Å². The number of methoxy groups -OCH3 is 1. The van der Waals surface area contributed by atoms with Crippen molar-refractivity contribution < 1.29 is 4.74 Å². The number of hydrogen-bond donors (Lipinski definition) is 1. The molecule has 1 heterocycles. The zero-order valence-electron chi connectivity index (χ0n) is 11.3. The van der Waals surface area contributed by atoms with Gasteiger partial charge in [0.2, 0.25) is 0 Å². The minimum atomic E-state index is 0.538. The molecule has 0 saturated heterocycles. The average molecular weight is 276 g/mol. The lowest BCUT2D eigenvalue weighted by Crippen LogP contribution is -2.08. The maximum absolute atomic E-state index is 5.52. The van der Waals surface area contributed by atoms with Gasteiger partial charge in [-0.15, -0.1) is 0 Å². The summed E-state index contributed by atoms with van der Waals surface area (Å²) in [6.45, 7) is 0. The van der Waals surface area contributed by atoms with E-state index in [0.29, 0.717) is 6.04 Å². The van der Waals surface area contributed by atoms with Gasteiger partial charge in [0, 0.05) is 12.1 Å². The first-order valence-electron chi connectivity index (χ1n) is 7.08. The number of imidazole rings is 1. The number of fused-ring (bicyclic) bond motifs is 1. The summed E-state index contributed by atoms with van der Waals surface area (Å²) in [6.07, 6.45) is 7.80. The second kappa shape index (κ2) is 5.37. The smallest absolute Gasteiger partial charge is 0.178 e. The van der Waals surface area contributed by atoms with Crippen molar-refractivity contribution in [1.82, 2.24) is 9.55 Å². The second-order valence-electron chi connectivity index (χ2n) is 5.33. The summed E-state index contributed by atoms with van der Waals surface area (Å²) in [6, 6.07) is 6.66. The lowest BCUT2D eigenvalue weighted by atomic mass is 10.1. The molecule has 2 aromatic rings. The molecule has 1 aromatic carbocycles. The fourth-order valence-corrected chi connectivity index (χ4v) is 3.46. The lowest BCUT2D eigenvalue weighted by molar-refractivity contribution is 0.414. The van der Waals surface area contributed by atoms with E-state index in [1.165, 1.54) is 44.0 Å². The number of hydrogen-bond acceptors (Lipinski definition) is 2. The van der Waals surface area contributed by atoms with Crippen LogP contribution in [0.4, 0.5) is 0 Å². The lowest BCUT2D eigenvalue weighted by Gasteiger charge is -2.17. The second-order valence-corrected chi connectivity index (χ2v) is 5.72. The van der Waals surface area contributed by atoms with Gasteiger partial charge < -0.3 is 14.3 Å². The van der Waals surface area contributed by atoms with Crippen LogP contribution in [0.5, 0.6) is 5.75 Å². The number of nitrogens with zero attached hydrogens (tertiary/aromatic N) is 1. The van der Waals surface area contributed by atoms with Gasteiger partial charge in [-0.05, 0) is 37.2 Å². The van der Waals surface area contributed by atoms with Gasteiger partial charge in [-0.3, -0.25) is 0 Å². The molecule has 0 unspecified atom stereocenters. The van der Waals surface area contributed by atoms with E-state index in [2.05, 4.69) is 21.7 Å². The highest BCUT2D eigenvalue weighted by atomic mass is 32.1. The summed E-state index contributed by atoms with van der Waals surface area (Å²) >= 11 is 5.52. The van der Waals surface area contributed by atoms with Crippen LogP contribution in [0, 0.1) is 4.77 Å². The summed E-state index contributed by atoms with van der Waals surface area (Å²) in [5.74, 6) is 0.892. The molecule has 1 aliphatic carbocycles. The SMILES string of the molecule is COc1ccc2[nH]c(=S)n(C3CCCCCC3)c2c1. The van der Waals surface area contributed by atoms with Crippen LogP contribution in [0.1, 0.15) is 44.6 Å². The van der Waals surface area contributed by atoms with E-state index >= 15 is 0 Å². The van der Waals surface area contributed by atoms with E-state index in [9.17, 15) is 0 Å². The van der Waals surface area contributed by atoms with Gasteiger partial charge in [0.15, 0.2) is 4.77 Å². The van der Waals surface area contributed by atoms with Crippen LogP contribution in [0.15, 0.2) is 18.2 Å². The van der Waals surface area contributed by atoms with E-state index in [1.807, 2.05) is 6.07 Å². The van der Waals surface area contributed by atoms with Gasteiger partial charge >= 0.3 is 0 Å². The Hall–Kier alpha value is -1.29. The normalized spacial score (nSPS) is 17.5. The molecule has 0 aliphatic heterocycles. The highest BCUT2D eigenvalue weighted by Crippen LogP contribution is 2.31. The van der Waals surface area contributed by atoms with E-state index in [1.54, 1.807) is 7.11 Å². The molecule has 3 rings (SSSR count). The van der Waals surface area contributed by atoms with Crippen molar-refractivity contribution in [1.29, 1.82) is 0 Å². The number of rotatable bonds is 2. The molecule has 0 bridgehead atoms. The maximum Gasteiger partial charge on any atom is 0.178 e. The van der Waals surface area contributed by atoms with E-state index in [4.69, 9.17) is 17.0 Å². The Labute approximate surface area is 118 Å². The third kappa shape index (κ3) is 2.41. The maximum atomic E-state index is 5.52. The first kappa shape index (κ1) is 12.7. The van der Waals surface area contributed by atoms with Crippen molar-refractivity contribution in [2.45, 2.75) is 44.6 Å². The quantitative estimate of drug-likeness (QED) is 0.641. The molecular formula is C15H20N2OS. The Morgan fingerprint density at radius 1 is 1.21 bits per heavy atom. The standard InChI is InChI=1S/C15H20N2OS/c1-18-12-8-9-13-14(10-12)17(15(19)16-13)11-6-4-2-3-5-7-11/h8-11H,2-7H2,1H3,(H,16,19). The summed E-state index contributed by atoms with van der Waals surface area (Å²) < 4.78 is 8.48. The molecule has 1 saturated carbocycles. The van der Waals surface area contributed by atoms with Crippen LogP contribution >= 0.6 is 12.2 Å². The molecule has 1 fully saturated rings. The fraction of sp³-hybridized carbons (Fsp3) is 0.533. The van der Waals surface area contributed by atoms with Crippen molar-refractivity contribution in [3.8, 4) is 5.75 Å². The zero-order valence-corrected chi connectivity index (χ0v) is 12.1. The Balaban J connectivity index is 2.10. The highest BCUT2D eigenvalue weighted by molar-refractivity contribution is 7.71. The Kier molecular flexibility index (Phi) is 3.60. The zero-order chi connectivity index (χ0) is 13.2. The minimum Gasteiger partial charge on any atom is -0.497 e. The van der Waals surface area contributed by atoms with Gasteiger partial charge in [-0.25, -0.2) is 0 Å². The number of H-pyrrole nitrogens is 1. The third-order valence-electron chi connectivity index (χ3n) is 4.11. The Bertz CT molecular complexity index is 621. The van der Waals surface area contributed by atoms with Gasteiger partial charge in [-0.2, -0.15) is 0 Å². The molecule has 0 amide bonds. The molecule has 0 spiro atoms. The minimum absolute atomic E-state index is 0.538. The fourth-order valence-electron chi connectivity index (χ4n) is 3.11. The summed E-state index contributed by atoms with van der Waals surface area (Å²) in [4.78, 5) is 3.32. The van der Waals surface area contributed by atoms with Crippen LogP contribution in [0.25, 0.3) is 11.0 Å². The number of nitrogens with one attached hydrogen (secondary N) is 1. The first-order chi connectivity index (χ1) is 9.29. The predicted molar refractivity (Wildman–Crippen MR) is 80.4 cm³/mol. The molecule has 0 radical (unpaired) electrons. The number of ether oxygens (including phenoxy) is 1. The Morgan fingerprint density at radius 2 is 1.95 bits per heavy atom. The largest absolute Gasteiger partial charge is 0.497 e. The van der Waals surface area contributed by atoms with E-state index in [-0.39, 0.29) is 0 Å². The monoisotopic (exact) mass is 276 g/mol. The Morgan fingerprint density at radius 3 is 2.63 bits per heavy atom. The number of aromatic nitrogens is 2. The molecule has 19 heavy (non-hydrogen) atoms. The number of aromatic amines is 1. The van der Waals surface area contributed by atoms with Gasteiger partial charge in [0.05, 0.1) is 18.1 Å². The van der Waals surface area contributed by atoms with Crippen molar-refractivity contribution >= 4 is 23.3 Å². The van der Waals surface area contributed by atoms with E-state index in [0.717, 1.165) is 16.0 Å².